The van der Waals surface area contributed by atoms with Crippen molar-refractivity contribution in [1.29, 1.82) is 0 Å². The summed E-state index contributed by atoms with van der Waals surface area (Å²) in [5, 5.41) is 1.91. The SMILES string of the molecule is C/C=C/CS(=O)(=O)[C@@H](C)C(=O)NC1CCC(C)CC1. The van der Waals surface area contributed by atoms with Gasteiger partial charge in [-0.25, -0.2) is 8.42 Å². The molecule has 0 aliphatic heterocycles. The van der Waals surface area contributed by atoms with E-state index in [4.69, 9.17) is 0 Å². The van der Waals surface area contributed by atoms with E-state index in [1.54, 1.807) is 19.1 Å². The van der Waals surface area contributed by atoms with Crippen LogP contribution in [0.3, 0.4) is 0 Å². The fraction of sp³-hybridized carbons (Fsp3) is 0.786. The molecule has 0 unspecified atom stereocenters. The first-order valence-electron chi connectivity index (χ1n) is 7.00. The molecule has 1 fully saturated rings. The molecule has 0 aromatic rings. The summed E-state index contributed by atoms with van der Waals surface area (Å²) in [7, 11) is -3.38. The quantitative estimate of drug-likeness (QED) is 0.787. The first-order valence-corrected chi connectivity index (χ1v) is 8.71. The van der Waals surface area contributed by atoms with Gasteiger partial charge in [0.15, 0.2) is 9.84 Å². The van der Waals surface area contributed by atoms with Crippen molar-refractivity contribution in [2.75, 3.05) is 5.75 Å². The van der Waals surface area contributed by atoms with E-state index in [1.807, 2.05) is 0 Å². The molecule has 19 heavy (non-hydrogen) atoms. The summed E-state index contributed by atoms with van der Waals surface area (Å²) in [6.07, 6.45) is 7.37. The number of amides is 1. The number of rotatable bonds is 5. The Morgan fingerprint density at radius 2 is 1.89 bits per heavy atom. The molecule has 5 heteroatoms. The topological polar surface area (TPSA) is 63.2 Å². The van der Waals surface area contributed by atoms with Crippen molar-refractivity contribution < 1.29 is 13.2 Å². The molecule has 1 N–H and O–H groups in total. The summed E-state index contributed by atoms with van der Waals surface area (Å²) in [6, 6.07) is 0.142. The normalized spacial score (nSPS) is 26.3. The average Bonchev–Trinajstić information content (AvgIpc) is 2.38. The minimum absolute atomic E-state index is 0.0697. The monoisotopic (exact) mass is 287 g/mol. The van der Waals surface area contributed by atoms with Crippen LogP contribution >= 0.6 is 0 Å². The van der Waals surface area contributed by atoms with Gasteiger partial charge in [-0.3, -0.25) is 4.79 Å². The molecule has 0 aromatic heterocycles. The van der Waals surface area contributed by atoms with Crippen LogP contribution in [0.1, 0.15) is 46.5 Å². The van der Waals surface area contributed by atoms with Crippen molar-refractivity contribution in [1.82, 2.24) is 5.32 Å². The number of carbonyl (C=O) groups is 1. The van der Waals surface area contributed by atoms with E-state index in [-0.39, 0.29) is 17.7 Å². The van der Waals surface area contributed by atoms with Crippen LogP contribution in [0.15, 0.2) is 12.2 Å². The summed E-state index contributed by atoms with van der Waals surface area (Å²) < 4.78 is 23.8. The summed E-state index contributed by atoms with van der Waals surface area (Å²) in [5.41, 5.74) is 0. The zero-order chi connectivity index (χ0) is 14.5. The smallest absolute Gasteiger partial charge is 0.238 e. The number of nitrogens with one attached hydrogen (secondary N) is 1. The second-order valence-corrected chi connectivity index (χ2v) is 7.87. The Labute approximate surface area is 116 Å². The minimum Gasteiger partial charge on any atom is -0.352 e. The second kappa shape index (κ2) is 7.08. The molecule has 4 nitrogen and oxygen atoms in total. The number of sulfone groups is 1. The maximum atomic E-state index is 12.0. The maximum Gasteiger partial charge on any atom is 0.238 e. The molecule has 1 amide bonds. The predicted molar refractivity (Wildman–Crippen MR) is 77.6 cm³/mol. The van der Waals surface area contributed by atoms with Gasteiger partial charge in [0, 0.05) is 6.04 Å². The van der Waals surface area contributed by atoms with E-state index in [9.17, 15) is 13.2 Å². The van der Waals surface area contributed by atoms with Crippen molar-refractivity contribution in [2.45, 2.75) is 57.7 Å². The van der Waals surface area contributed by atoms with Gasteiger partial charge in [0.05, 0.1) is 5.75 Å². The molecule has 0 heterocycles. The number of hydrogen-bond acceptors (Lipinski definition) is 3. The van der Waals surface area contributed by atoms with Gasteiger partial charge in [0.1, 0.15) is 5.25 Å². The van der Waals surface area contributed by atoms with Crippen LogP contribution in [0.2, 0.25) is 0 Å². The Balaban J connectivity index is 2.53. The van der Waals surface area contributed by atoms with E-state index in [0.717, 1.165) is 25.7 Å². The van der Waals surface area contributed by atoms with E-state index in [0.29, 0.717) is 5.92 Å². The first-order chi connectivity index (χ1) is 8.86. The van der Waals surface area contributed by atoms with Crippen molar-refractivity contribution in [3.05, 3.63) is 12.2 Å². The van der Waals surface area contributed by atoms with Crippen molar-refractivity contribution in [3.8, 4) is 0 Å². The molecule has 0 spiro atoms. The van der Waals surface area contributed by atoms with Gasteiger partial charge in [-0.1, -0.05) is 19.1 Å². The number of allylic oxidation sites excluding steroid dienone is 1. The van der Waals surface area contributed by atoms with E-state index < -0.39 is 15.1 Å². The molecule has 1 saturated carbocycles. The van der Waals surface area contributed by atoms with Gasteiger partial charge in [-0.05, 0) is 45.4 Å². The Hall–Kier alpha value is -0.840. The van der Waals surface area contributed by atoms with Crippen LogP contribution < -0.4 is 5.32 Å². The van der Waals surface area contributed by atoms with Crippen molar-refractivity contribution in [3.63, 3.8) is 0 Å². The highest BCUT2D eigenvalue weighted by Crippen LogP contribution is 2.23. The fourth-order valence-electron chi connectivity index (χ4n) is 2.26. The maximum absolute atomic E-state index is 12.0. The van der Waals surface area contributed by atoms with Gasteiger partial charge in [0.2, 0.25) is 5.91 Å². The molecule has 0 saturated heterocycles. The van der Waals surface area contributed by atoms with Crippen LogP contribution in [0, 0.1) is 5.92 Å². The predicted octanol–water partition coefficient (Wildman–Crippen LogP) is 2.06. The lowest BCUT2D eigenvalue weighted by atomic mass is 9.87. The highest BCUT2D eigenvalue weighted by atomic mass is 32.2. The molecule has 110 valence electrons. The van der Waals surface area contributed by atoms with Crippen LogP contribution in [0.4, 0.5) is 0 Å². The zero-order valence-corrected chi connectivity index (χ0v) is 12.9. The summed E-state index contributed by atoms with van der Waals surface area (Å²) in [6.45, 7) is 5.45. The molecule has 1 aliphatic carbocycles. The average molecular weight is 287 g/mol. The van der Waals surface area contributed by atoms with Crippen LogP contribution in [-0.4, -0.2) is 31.4 Å². The van der Waals surface area contributed by atoms with Crippen LogP contribution in [-0.2, 0) is 14.6 Å². The van der Waals surface area contributed by atoms with E-state index in [2.05, 4.69) is 12.2 Å². The van der Waals surface area contributed by atoms with Crippen molar-refractivity contribution >= 4 is 15.7 Å². The summed E-state index contributed by atoms with van der Waals surface area (Å²) in [5.74, 6) is 0.285. The highest BCUT2D eigenvalue weighted by molar-refractivity contribution is 7.92. The Morgan fingerprint density at radius 1 is 1.32 bits per heavy atom. The molecule has 1 rings (SSSR count). The number of carbonyl (C=O) groups excluding carboxylic acids is 1. The van der Waals surface area contributed by atoms with Gasteiger partial charge >= 0.3 is 0 Å². The molecular formula is C14H25NO3S. The molecular weight excluding hydrogens is 262 g/mol. The zero-order valence-electron chi connectivity index (χ0n) is 12.1. The third-order valence-electron chi connectivity index (χ3n) is 3.83. The van der Waals surface area contributed by atoms with Gasteiger partial charge < -0.3 is 5.32 Å². The molecule has 1 aliphatic rings. The third-order valence-corrected chi connectivity index (χ3v) is 5.78. The summed E-state index contributed by atoms with van der Waals surface area (Å²) in [4.78, 5) is 12.0. The third kappa shape index (κ3) is 4.97. The molecule has 0 radical (unpaired) electrons. The standard InChI is InChI=1S/C14H25NO3S/c1-4-5-10-19(17,18)12(3)14(16)15-13-8-6-11(2)7-9-13/h4-5,11-13H,6-10H2,1-3H3,(H,15,16)/b5-4+/t11?,12-,13?/m0/s1. The largest absolute Gasteiger partial charge is 0.352 e. The van der Waals surface area contributed by atoms with E-state index in [1.165, 1.54) is 6.92 Å². The first kappa shape index (κ1) is 16.2. The molecule has 0 aromatic carbocycles. The summed E-state index contributed by atoms with van der Waals surface area (Å²) >= 11 is 0. The fourth-order valence-corrected chi connectivity index (χ4v) is 3.40. The Bertz CT molecular complexity index is 420. The lowest BCUT2D eigenvalue weighted by Gasteiger charge is -2.27. The Kier molecular flexibility index (Phi) is 6.04. The van der Waals surface area contributed by atoms with Crippen LogP contribution in [0.5, 0.6) is 0 Å². The number of hydrogen-bond donors (Lipinski definition) is 1. The second-order valence-electron chi connectivity index (χ2n) is 5.51. The van der Waals surface area contributed by atoms with Crippen LogP contribution in [0.25, 0.3) is 0 Å². The van der Waals surface area contributed by atoms with E-state index >= 15 is 0 Å². The van der Waals surface area contributed by atoms with Gasteiger partial charge in [-0.2, -0.15) is 0 Å². The minimum atomic E-state index is -3.38. The highest BCUT2D eigenvalue weighted by Gasteiger charge is 2.29. The van der Waals surface area contributed by atoms with Gasteiger partial charge in [-0.15, -0.1) is 0 Å². The van der Waals surface area contributed by atoms with Gasteiger partial charge in [0.25, 0.3) is 0 Å². The molecule has 1 atom stereocenters. The lowest BCUT2D eigenvalue weighted by molar-refractivity contribution is -0.121. The molecule has 0 bridgehead atoms. The lowest BCUT2D eigenvalue weighted by Crippen LogP contribution is -2.45. The van der Waals surface area contributed by atoms with Crippen molar-refractivity contribution in [2.24, 2.45) is 5.92 Å². The Morgan fingerprint density at radius 3 is 2.42 bits per heavy atom.